The van der Waals surface area contributed by atoms with Gasteiger partial charge >= 0.3 is 0 Å². The van der Waals surface area contributed by atoms with E-state index in [-0.39, 0.29) is 0 Å². The van der Waals surface area contributed by atoms with Crippen LogP contribution in [0.5, 0.6) is 0 Å². The Morgan fingerprint density at radius 3 is 2.83 bits per heavy atom. The normalized spacial score (nSPS) is 10.4. The predicted octanol–water partition coefficient (Wildman–Crippen LogP) is 1.88. The van der Waals surface area contributed by atoms with Crippen LogP contribution in [0.15, 0.2) is 36.5 Å². The van der Waals surface area contributed by atoms with E-state index in [1.807, 2.05) is 18.0 Å². The van der Waals surface area contributed by atoms with Crippen molar-refractivity contribution >= 4 is 5.95 Å². The minimum atomic E-state index is 0.438. The lowest BCUT2D eigenvalue weighted by Crippen LogP contribution is -2.20. The lowest BCUT2D eigenvalue weighted by molar-refractivity contribution is 0.844. The fourth-order valence-corrected chi connectivity index (χ4v) is 1.84. The summed E-state index contributed by atoms with van der Waals surface area (Å²) >= 11 is 0. The number of aromatic nitrogens is 2. The van der Waals surface area contributed by atoms with Gasteiger partial charge in [-0.3, -0.25) is 0 Å². The second-order valence-corrected chi connectivity index (χ2v) is 4.40. The van der Waals surface area contributed by atoms with Gasteiger partial charge in [0.25, 0.3) is 0 Å². The topological polar surface area (TPSA) is 55.0 Å². The van der Waals surface area contributed by atoms with Crippen LogP contribution in [0.1, 0.15) is 16.8 Å². The highest BCUT2D eigenvalue weighted by Gasteiger charge is 2.05. The third kappa shape index (κ3) is 3.05. The Labute approximate surface area is 107 Å². The highest BCUT2D eigenvalue weighted by Crippen LogP contribution is 2.11. The first kappa shape index (κ1) is 12.5. The summed E-state index contributed by atoms with van der Waals surface area (Å²) in [7, 11) is 1.98. The number of hydrogen-bond donors (Lipinski definition) is 1. The van der Waals surface area contributed by atoms with Crippen molar-refractivity contribution in [1.29, 1.82) is 0 Å². The number of nitrogens with two attached hydrogens (primary N) is 1. The summed E-state index contributed by atoms with van der Waals surface area (Å²) in [6.07, 6.45) is 1.75. The fourth-order valence-electron chi connectivity index (χ4n) is 1.84. The summed E-state index contributed by atoms with van der Waals surface area (Å²) in [4.78, 5) is 10.7. The summed E-state index contributed by atoms with van der Waals surface area (Å²) in [5, 5.41) is 0. The maximum Gasteiger partial charge on any atom is 0.225 e. The van der Waals surface area contributed by atoms with E-state index >= 15 is 0 Å². The summed E-state index contributed by atoms with van der Waals surface area (Å²) in [6, 6.07) is 10.3. The van der Waals surface area contributed by atoms with Crippen LogP contribution in [0.3, 0.4) is 0 Å². The molecule has 0 aliphatic carbocycles. The van der Waals surface area contributed by atoms with Gasteiger partial charge in [-0.15, -0.1) is 0 Å². The van der Waals surface area contributed by atoms with E-state index < -0.39 is 0 Å². The second kappa shape index (κ2) is 5.60. The second-order valence-electron chi connectivity index (χ2n) is 4.40. The van der Waals surface area contributed by atoms with Gasteiger partial charge < -0.3 is 10.6 Å². The Bertz CT molecular complexity index is 525. The van der Waals surface area contributed by atoms with Gasteiger partial charge in [0, 0.05) is 26.3 Å². The molecule has 0 radical (unpaired) electrons. The van der Waals surface area contributed by atoms with Crippen LogP contribution >= 0.6 is 0 Å². The molecule has 1 heterocycles. The van der Waals surface area contributed by atoms with Gasteiger partial charge in [-0.1, -0.05) is 29.8 Å². The molecule has 18 heavy (non-hydrogen) atoms. The smallest absolute Gasteiger partial charge is 0.225 e. The van der Waals surface area contributed by atoms with Crippen molar-refractivity contribution < 1.29 is 0 Å². The molecule has 2 aromatic rings. The molecule has 0 bridgehead atoms. The molecule has 0 saturated carbocycles. The van der Waals surface area contributed by atoms with Gasteiger partial charge in [-0.2, -0.15) is 0 Å². The molecule has 1 aromatic carbocycles. The number of nitrogens with zero attached hydrogens (tertiary/aromatic N) is 3. The van der Waals surface area contributed by atoms with E-state index in [0.717, 1.165) is 12.2 Å². The zero-order valence-electron chi connectivity index (χ0n) is 10.8. The molecule has 4 nitrogen and oxygen atoms in total. The van der Waals surface area contributed by atoms with Crippen LogP contribution in [0, 0.1) is 6.92 Å². The predicted molar refractivity (Wildman–Crippen MR) is 73.2 cm³/mol. The highest BCUT2D eigenvalue weighted by atomic mass is 15.2. The van der Waals surface area contributed by atoms with Crippen LogP contribution in [-0.4, -0.2) is 17.0 Å². The molecule has 0 unspecified atom stereocenters. The monoisotopic (exact) mass is 242 g/mol. The quantitative estimate of drug-likeness (QED) is 0.889. The van der Waals surface area contributed by atoms with Crippen molar-refractivity contribution in [3.8, 4) is 0 Å². The van der Waals surface area contributed by atoms with Crippen LogP contribution in [0.25, 0.3) is 0 Å². The molecule has 1 aromatic heterocycles. The van der Waals surface area contributed by atoms with Gasteiger partial charge in [-0.05, 0) is 18.6 Å². The van der Waals surface area contributed by atoms with Gasteiger partial charge in [0.2, 0.25) is 5.95 Å². The number of rotatable bonds is 4. The lowest BCUT2D eigenvalue weighted by Gasteiger charge is -2.17. The van der Waals surface area contributed by atoms with E-state index in [1.54, 1.807) is 6.20 Å². The number of anilines is 1. The first-order valence-electron chi connectivity index (χ1n) is 5.97. The standard InChI is InChI=1S/C14H18N4/c1-11-4-3-5-12(8-11)10-18(2)14-16-7-6-13(9-15)17-14/h3-8H,9-10,15H2,1-2H3. The zero-order chi connectivity index (χ0) is 13.0. The Hall–Kier alpha value is -1.94. The molecule has 0 aliphatic rings. The van der Waals surface area contributed by atoms with Gasteiger partial charge in [0.15, 0.2) is 0 Å². The Kier molecular flexibility index (Phi) is 3.89. The summed E-state index contributed by atoms with van der Waals surface area (Å²) in [6.45, 7) is 3.32. The van der Waals surface area contributed by atoms with E-state index in [4.69, 9.17) is 5.73 Å². The van der Waals surface area contributed by atoms with Gasteiger partial charge in [-0.25, -0.2) is 9.97 Å². The summed E-state index contributed by atoms with van der Waals surface area (Å²) < 4.78 is 0. The third-order valence-electron chi connectivity index (χ3n) is 2.75. The van der Waals surface area contributed by atoms with Crippen molar-refractivity contribution in [3.63, 3.8) is 0 Å². The number of hydrogen-bond acceptors (Lipinski definition) is 4. The zero-order valence-corrected chi connectivity index (χ0v) is 10.8. The Balaban J connectivity index is 2.13. The van der Waals surface area contributed by atoms with Gasteiger partial charge in [0.05, 0.1) is 5.69 Å². The van der Waals surface area contributed by atoms with E-state index in [0.29, 0.717) is 12.5 Å². The van der Waals surface area contributed by atoms with Crippen molar-refractivity contribution in [2.24, 2.45) is 5.73 Å². The Morgan fingerprint density at radius 2 is 2.11 bits per heavy atom. The molecule has 94 valence electrons. The van der Waals surface area contributed by atoms with Crippen molar-refractivity contribution in [2.45, 2.75) is 20.0 Å². The minimum absolute atomic E-state index is 0.438. The van der Waals surface area contributed by atoms with Crippen LogP contribution < -0.4 is 10.6 Å². The first-order valence-corrected chi connectivity index (χ1v) is 5.97. The minimum Gasteiger partial charge on any atom is -0.340 e. The summed E-state index contributed by atoms with van der Waals surface area (Å²) in [5.74, 6) is 0.708. The van der Waals surface area contributed by atoms with Crippen LogP contribution in [0.4, 0.5) is 5.95 Å². The average Bonchev–Trinajstić information content (AvgIpc) is 2.39. The molecule has 0 amide bonds. The molecular weight excluding hydrogens is 224 g/mol. The molecule has 0 atom stereocenters. The van der Waals surface area contributed by atoms with Crippen LogP contribution in [0.2, 0.25) is 0 Å². The van der Waals surface area contributed by atoms with Crippen molar-refractivity contribution in [2.75, 3.05) is 11.9 Å². The fraction of sp³-hybridized carbons (Fsp3) is 0.286. The van der Waals surface area contributed by atoms with E-state index in [9.17, 15) is 0 Å². The average molecular weight is 242 g/mol. The first-order chi connectivity index (χ1) is 8.69. The number of aryl methyl sites for hydroxylation is 1. The molecule has 0 saturated heterocycles. The maximum absolute atomic E-state index is 5.58. The van der Waals surface area contributed by atoms with Crippen molar-refractivity contribution in [1.82, 2.24) is 9.97 Å². The van der Waals surface area contributed by atoms with Gasteiger partial charge in [0.1, 0.15) is 0 Å². The van der Waals surface area contributed by atoms with E-state index in [2.05, 4.69) is 41.2 Å². The Morgan fingerprint density at radius 1 is 1.28 bits per heavy atom. The van der Waals surface area contributed by atoms with Crippen molar-refractivity contribution in [3.05, 3.63) is 53.3 Å². The van der Waals surface area contributed by atoms with E-state index in [1.165, 1.54) is 11.1 Å². The van der Waals surface area contributed by atoms with Crippen LogP contribution in [-0.2, 0) is 13.1 Å². The largest absolute Gasteiger partial charge is 0.340 e. The molecule has 0 aliphatic heterocycles. The summed E-state index contributed by atoms with van der Waals surface area (Å²) in [5.41, 5.74) is 8.95. The third-order valence-corrected chi connectivity index (χ3v) is 2.75. The number of benzene rings is 1. The highest BCUT2D eigenvalue weighted by molar-refractivity contribution is 5.32. The molecule has 2 N–H and O–H groups in total. The SMILES string of the molecule is Cc1cccc(CN(C)c2nccc(CN)n2)c1. The lowest BCUT2D eigenvalue weighted by atomic mass is 10.1. The maximum atomic E-state index is 5.58. The molecular formula is C14H18N4. The molecule has 2 rings (SSSR count). The molecule has 4 heteroatoms. The molecule has 0 fully saturated rings. The molecule has 0 spiro atoms.